The number of hydrogen-bond acceptors (Lipinski definition) is 3. The number of thioether (sulfide) groups is 1. The molecule has 1 aromatic heterocycles. The van der Waals surface area contributed by atoms with Gasteiger partial charge in [0.25, 0.3) is 5.91 Å². The average Bonchev–Trinajstić information content (AvgIpc) is 2.82. The number of carbonyl (C=O) groups is 1. The van der Waals surface area contributed by atoms with Gasteiger partial charge in [0, 0.05) is 11.6 Å². The zero-order valence-electron chi connectivity index (χ0n) is 13.3. The van der Waals surface area contributed by atoms with Crippen molar-refractivity contribution in [3.05, 3.63) is 45.7 Å². The fourth-order valence-electron chi connectivity index (χ4n) is 2.16. The smallest absolute Gasteiger partial charge is 0.273 e. The average molecular weight is 372 g/mol. The van der Waals surface area contributed by atoms with Gasteiger partial charge in [-0.05, 0) is 49.1 Å². The molecule has 0 saturated carbocycles. The van der Waals surface area contributed by atoms with E-state index >= 15 is 0 Å². The number of halogens is 2. The fourth-order valence-corrected chi connectivity index (χ4v) is 3.17. The molecule has 7 heteroatoms. The van der Waals surface area contributed by atoms with Crippen LogP contribution in [0.5, 0.6) is 0 Å². The fraction of sp³-hybridized carbons (Fsp3) is 0.375. The van der Waals surface area contributed by atoms with Crippen molar-refractivity contribution < 1.29 is 4.79 Å². The van der Waals surface area contributed by atoms with Crippen LogP contribution < -0.4 is 5.32 Å². The SMILES string of the molecule is CSCC(C)CNC(=O)c1nn(-c2ccc(Cl)cc2)c(C)c1Cl. The summed E-state index contributed by atoms with van der Waals surface area (Å²) >= 11 is 14.0. The number of hydrogen-bond donors (Lipinski definition) is 1. The molecule has 1 N–H and O–H groups in total. The first-order valence-electron chi connectivity index (χ1n) is 7.22. The Morgan fingerprint density at radius 2 is 2.00 bits per heavy atom. The van der Waals surface area contributed by atoms with Crippen molar-refractivity contribution in [1.82, 2.24) is 15.1 Å². The molecule has 1 aromatic carbocycles. The molecule has 0 bridgehead atoms. The summed E-state index contributed by atoms with van der Waals surface area (Å²) < 4.78 is 1.65. The molecule has 0 radical (unpaired) electrons. The Morgan fingerprint density at radius 3 is 2.61 bits per heavy atom. The maximum Gasteiger partial charge on any atom is 0.273 e. The molecular formula is C16H19Cl2N3OS. The highest BCUT2D eigenvalue weighted by molar-refractivity contribution is 7.98. The van der Waals surface area contributed by atoms with E-state index in [1.807, 2.05) is 25.3 Å². The third kappa shape index (κ3) is 4.43. The minimum absolute atomic E-state index is 0.246. The minimum Gasteiger partial charge on any atom is -0.350 e. The monoisotopic (exact) mass is 371 g/mol. The molecule has 2 aromatic rings. The van der Waals surface area contributed by atoms with Crippen molar-refractivity contribution in [2.24, 2.45) is 5.92 Å². The van der Waals surface area contributed by atoms with Crippen LogP contribution in [0.25, 0.3) is 5.69 Å². The lowest BCUT2D eigenvalue weighted by atomic mass is 10.2. The van der Waals surface area contributed by atoms with Crippen molar-refractivity contribution >= 4 is 40.9 Å². The van der Waals surface area contributed by atoms with Crippen LogP contribution in [0.3, 0.4) is 0 Å². The van der Waals surface area contributed by atoms with Crippen LogP contribution in [-0.4, -0.2) is 34.2 Å². The molecule has 0 spiro atoms. The van der Waals surface area contributed by atoms with Crippen LogP contribution in [-0.2, 0) is 0 Å². The van der Waals surface area contributed by atoms with E-state index in [4.69, 9.17) is 23.2 Å². The van der Waals surface area contributed by atoms with Gasteiger partial charge in [-0.25, -0.2) is 4.68 Å². The van der Waals surface area contributed by atoms with Crippen LogP contribution in [0.2, 0.25) is 10.0 Å². The molecule has 1 unspecified atom stereocenters. The first-order chi connectivity index (χ1) is 10.9. The highest BCUT2D eigenvalue weighted by atomic mass is 35.5. The van der Waals surface area contributed by atoms with Gasteiger partial charge >= 0.3 is 0 Å². The van der Waals surface area contributed by atoms with Gasteiger partial charge in [0.1, 0.15) is 0 Å². The zero-order valence-corrected chi connectivity index (χ0v) is 15.6. The van der Waals surface area contributed by atoms with Crippen LogP contribution >= 0.6 is 35.0 Å². The molecule has 124 valence electrons. The summed E-state index contributed by atoms with van der Waals surface area (Å²) in [6, 6.07) is 7.22. The molecule has 0 aliphatic carbocycles. The number of carbonyl (C=O) groups excluding carboxylic acids is 1. The minimum atomic E-state index is -0.251. The Hall–Kier alpha value is -1.17. The molecule has 0 aliphatic heterocycles. The zero-order chi connectivity index (χ0) is 17.0. The highest BCUT2D eigenvalue weighted by Gasteiger charge is 2.20. The van der Waals surface area contributed by atoms with E-state index in [0.29, 0.717) is 22.5 Å². The van der Waals surface area contributed by atoms with E-state index in [1.54, 1.807) is 28.6 Å². The second kappa shape index (κ2) is 8.08. The highest BCUT2D eigenvalue weighted by Crippen LogP contribution is 2.24. The van der Waals surface area contributed by atoms with Crippen LogP contribution in [0.4, 0.5) is 0 Å². The van der Waals surface area contributed by atoms with Gasteiger partial charge in [-0.3, -0.25) is 4.79 Å². The quantitative estimate of drug-likeness (QED) is 0.826. The Balaban J connectivity index is 2.19. The number of rotatable bonds is 6. The maximum absolute atomic E-state index is 12.3. The normalized spacial score (nSPS) is 12.2. The molecule has 1 heterocycles. The van der Waals surface area contributed by atoms with E-state index in [1.165, 1.54) is 0 Å². The van der Waals surface area contributed by atoms with E-state index in [9.17, 15) is 4.79 Å². The van der Waals surface area contributed by atoms with Gasteiger partial charge in [0.15, 0.2) is 5.69 Å². The van der Waals surface area contributed by atoms with Crippen LogP contribution in [0, 0.1) is 12.8 Å². The molecule has 23 heavy (non-hydrogen) atoms. The van der Waals surface area contributed by atoms with Crippen LogP contribution in [0.15, 0.2) is 24.3 Å². The Morgan fingerprint density at radius 1 is 1.35 bits per heavy atom. The standard InChI is InChI=1S/C16H19Cl2N3OS/c1-10(9-23-3)8-19-16(22)15-14(18)11(2)21(20-15)13-6-4-12(17)5-7-13/h4-7,10H,8-9H2,1-3H3,(H,19,22). The third-order valence-electron chi connectivity index (χ3n) is 3.39. The van der Waals surface area contributed by atoms with Crippen molar-refractivity contribution in [3.8, 4) is 5.69 Å². The molecule has 0 fully saturated rings. The number of benzene rings is 1. The van der Waals surface area contributed by atoms with E-state index in [0.717, 1.165) is 17.1 Å². The first kappa shape index (κ1) is 18.2. The summed E-state index contributed by atoms with van der Waals surface area (Å²) in [5.41, 5.74) is 1.77. The molecule has 1 amide bonds. The topological polar surface area (TPSA) is 46.9 Å². The van der Waals surface area contributed by atoms with Crippen molar-refractivity contribution in [2.75, 3.05) is 18.6 Å². The summed E-state index contributed by atoms with van der Waals surface area (Å²) in [7, 11) is 0. The predicted molar refractivity (Wildman–Crippen MR) is 98.2 cm³/mol. The van der Waals surface area contributed by atoms with Crippen molar-refractivity contribution in [2.45, 2.75) is 13.8 Å². The molecule has 2 rings (SSSR count). The Bertz CT molecular complexity index is 685. The number of nitrogens with one attached hydrogen (secondary N) is 1. The molecule has 4 nitrogen and oxygen atoms in total. The molecule has 0 saturated heterocycles. The lowest BCUT2D eigenvalue weighted by Crippen LogP contribution is -2.29. The van der Waals surface area contributed by atoms with Crippen molar-refractivity contribution in [3.63, 3.8) is 0 Å². The van der Waals surface area contributed by atoms with Gasteiger partial charge < -0.3 is 5.32 Å². The first-order valence-corrected chi connectivity index (χ1v) is 9.37. The molecule has 1 atom stereocenters. The lowest BCUT2D eigenvalue weighted by molar-refractivity contribution is 0.0944. The molecular weight excluding hydrogens is 353 g/mol. The van der Waals surface area contributed by atoms with Gasteiger partial charge in [-0.2, -0.15) is 16.9 Å². The number of amides is 1. The maximum atomic E-state index is 12.3. The summed E-state index contributed by atoms with van der Waals surface area (Å²) in [4.78, 5) is 12.3. The number of aromatic nitrogens is 2. The second-order valence-corrected chi connectivity index (χ2v) is 7.13. The van der Waals surface area contributed by atoms with Gasteiger partial charge in [-0.1, -0.05) is 30.1 Å². The van der Waals surface area contributed by atoms with Crippen LogP contribution in [0.1, 0.15) is 23.1 Å². The van der Waals surface area contributed by atoms with E-state index in [2.05, 4.69) is 17.3 Å². The molecule has 0 aliphatic rings. The van der Waals surface area contributed by atoms with Gasteiger partial charge in [-0.15, -0.1) is 0 Å². The summed E-state index contributed by atoms with van der Waals surface area (Å²) in [6.07, 6.45) is 2.05. The summed E-state index contributed by atoms with van der Waals surface area (Å²) in [5, 5.41) is 8.26. The Kier molecular flexibility index (Phi) is 6.39. The van der Waals surface area contributed by atoms with E-state index < -0.39 is 0 Å². The van der Waals surface area contributed by atoms with E-state index in [-0.39, 0.29) is 11.6 Å². The van der Waals surface area contributed by atoms with Crippen molar-refractivity contribution in [1.29, 1.82) is 0 Å². The lowest BCUT2D eigenvalue weighted by Gasteiger charge is -2.10. The predicted octanol–water partition coefficient (Wildman–Crippen LogP) is 4.22. The summed E-state index contributed by atoms with van der Waals surface area (Å²) in [5.74, 6) is 1.14. The number of nitrogens with zero attached hydrogens (tertiary/aromatic N) is 2. The Labute approximate surface area is 150 Å². The van der Waals surface area contributed by atoms with Gasteiger partial charge in [0.05, 0.1) is 16.4 Å². The largest absolute Gasteiger partial charge is 0.350 e. The second-order valence-electron chi connectivity index (χ2n) is 5.41. The van der Waals surface area contributed by atoms with Gasteiger partial charge in [0.2, 0.25) is 0 Å². The summed E-state index contributed by atoms with van der Waals surface area (Å²) in [6.45, 7) is 4.52. The third-order valence-corrected chi connectivity index (χ3v) is 5.00.